The van der Waals surface area contributed by atoms with Gasteiger partial charge in [-0.3, -0.25) is 4.18 Å². The summed E-state index contributed by atoms with van der Waals surface area (Å²) in [6.45, 7) is 6.71. The third-order valence-corrected chi connectivity index (χ3v) is 4.15. The Balaban J connectivity index is 1.87. The molecule has 3 heterocycles. The topological polar surface area (TPSA) is 116 Å². The predicted octanol–water partition coefficient (Wildman–Crippen LogP) is -0.395. The predicted molar refractivity (Wildman–Crippen MR) is 71.6 cm³/mol. The molecule has 3 fully saturated rings. The summed E-state index contributed by atoms with van der Waals surface area (Å²) in [7, 11) is -4.14. The summed E-state index contributed by atoms with van der Waals surface area (Å²) in [5.41, 5.74) is 0. The normalized spacial score (nSPS) is 42.9. The van der Waals surface area contributed by atoms with Gasteiger partial charge in [0.15, 0.2) is 11.6 Å². The Kier molecular flexibility index (Phi) is 3.63. The maximum absolute atomic E-state index is 11.1. The van der Waals surface area contributed by atoms with Gasteiger partial charge in [0.1, 0.15) is 24.9 Å². The minimum absolute atomic E-state index is 0.165. The van der Waals surface area contributed by atoms with E-state index in [4.69, 9.17) is 33.0 Å². The molecule has 0 spiro atoms. The first-order valence-corrected chi connectivity index (χ1v) is 8.43. The van der Waals surface area contributed by atoms with Crippen LogP contribution in [0.1, 0.15) is 27.7 Å². The van der Waals surface area contributed by atoms with Crippen LogP contribution < -0.4 is 5.14 Å². The zero-order valence-corrected chi connectivity index (χ0v) is 13.7. The number of hydrogen-bond donors (Lipinski definition) is 1. The molecule has 0 aliphatic carbocycles. The van der Waals surface area contributed by atoms with E-state index in [1.54, 1.807) is 27.7 Å². The highest BCUT2D eigenvalue weighted by molar-refractivity contribution is 7.84. The molecule has 0 aromatic heterocycles. The highest BCUT2D eigenvalue weighted by Gasteiger charge is 2.65. The number of ether oxygens (including phenoxy) is 5. The van der Waals surface area contributed by atoms with Crippen LogP contribution in [0.5, 0.6) is 0 Å². The van der Waals surface area contributed by atoms with Gasteiger partial charge >= 0.3 is 10.3 Å². The minimum atomic E-state index is -4.14. The number of nitrogens with two attached hydrogens (primary N) is 1. The Hall–Kier alpha value is -0.330. The molecule has 4 atom stereocenters. The molecule has 128 valence electrons. The third kappa shape index (κ3) is 3.02. The molecule has 0 radical (unpaired) electrons. The van der Waals surface area contributed by atoms with Crippen LogP contribution in [-0.4, -0.2) is 57.3 Å². The Morgan fingerprint density at radius 1 is 1.14 bits per heavy atom. The van der Waals surface area contributed by atoms with E-state index in [0.29, 0.717) is 0 Å². The molecular weight excluding hydrogens is 318 g/mol. The first kappa shape index (κ1) is 16.5. The van der Waals surface area contributed by atoms with Crippen molar-refractivity contribution in [1.82, 2.24) is 0 Å². The van der Waals surface area contributed by atoms with E-state index in [1.165, 1.54) is 0 Å². The van der Waals surface area contributed by atoms with Gasteiger partial charge in [-0.25, -0.2) is 5.14 Å². The molecule has 0 aromatic carbocycles. The van der Waals surface area contributed by atoms with Crippen LogP contribution in [0, 0.1) is 0 Å². The van der Waals surface area contributed by atoms with Crippen LogP contribution in [0.3, 0.4) is 0 Å². The molecule has 0 unspecified atom stereocenters. The molecule has 3 aliphatic rings. The van der Waals surface area contributed by atoms with Gasteiger partial charge in [0.2, 0.25) is 5.79 Å². The van der Waals surface area contributed by atoms with Crippen molar-refractivity contribution < 1.29 is 36.3 Å². The molecule has 0 amide bonds. The maximum atomic E-state index is 11.1. The van der Waals surface area contributed by atoms with Gasteiger partial charge in [-0.05, 0) is 27.7 Å². The van der Waals surface area contributed by atoms with E-state index in [2.05, 4.69) is 0 Å². The van der Waals surface area contributed by atoms with Gasteiger partial charge in [0.05, 0.1) is 6.61 Å². The summed E-state index contributed by atoms with van der Waals surface area (Å²) >= 11 is 0. The van der Waals surface area contributed by atoms with E-state index in [9.17, 15) is 8.42 Å². The second-order valence-corrected chi connectivity index (χ2v) is 7.78. The van der Waals surface area contributed by atoms with Gasteiger partial charge in [0.25, 0.3) is 0 Å². The lowest BCUT2D eigenvalue weighted by atomic mass is 9.98. The lowest BCUT2D eigenvalue weighted by Crippen LogP contribution is -2.60. The molecule has 22 heavy (non-hydrogen) atoms. The first-order valence-electron chi connectivity index (χ1n) is 6.96. The Labute approximate surface area is 129 Å². The van der Waals surface area contributed by atoms with Gasteiger partial charge in [-0.15, -0.1) is 0 Å². The second kappa shape index (κ2) is 4.84. The maximum Gasteiger partial charge on any atom is 0.333 e. The molecule has 10 heteroatoms. The van der Waals surface area contributed by atoms with Crippen molar-refractivity contribution in [2.45, 2.75) is 63.4 Å². The smallest absolute Gasteiger partial charge is 0.333 e. The Bertz CT molecular complexity index is 561. The zero-order chi connectivity index (χ0) is 16.4. The van der Waals surface area contributed by atoms with Gasteiger partial charge in [-0.1, -0.05) is 0 Å². The molecule has 0 saturated carbocycles. The van der Waals surface area contributed by atoms with Crippen LogP contribution in [0.25, 0.3) is 0 Å². The molecular formula is C12H21NO8S. The summed E-state index contributed by atoms with van der Waals surface area (Å²) in [6, 6.07) is 0. The highest BCUT2D eigenvalue weighted by Crippen LogP contribution is 2.47. The van der Waals surface area contributed by atoms with Crippen LogP contribution in [0.15, 0.2) is 0 Å². The van der Waals surface area contributed by atoms with E-state index >= 15 is 0 Å². The summed E-state index contributed by atoms with van der Waals surface area (Å²) < 4.78 is 55.9. The molecule has 3 aliphatic heterocycles. The fourth-order valence-electron chi connectivity index (χ4n) is 3.11. The molecule has 3 saturated heterocycles. The van der Waals surface area contributed by atoms with Crippen molar-refractivity contribution in [2.24, 2.45) is 5.14 Å². The zero-order valence-electron chi connectivity index (χ0n) is 12.9. The van der Waals surface area contributed by atoms with Crippen molar-refractivity contribution >= 4 is 10.3 Å². The Morgan fingerprint density at radius 2 is 1.82 bits per heavy atom. The van der Waals surface area contributed by atoms with E-state index < -0.39 is 46.5 Å². The number of rotatable bonds is 3. The quantitative estimate of drug-likeness (QED) is 0.739. The van der Waals surface area contributed by atoms with Gasteiger partial charge < -0.3 is 23.7 Å². The monoisotopic (exact) mass is 339 g/mol. The fraction of sp³-hybridized carbons (Fsp3) is 1.00. The van der Waals surface area contributed by atoms with Crippen molar-refractivity contribution in [3.8, 4) is 0 Å². The highest BCUT2D eigenvalue weighted by atomic mass is 32.2. The standard InChI is InChI=1S/C12H21NO8S/c1-10(2)18-7-5-16-12(6-17-22(13,14)15)9(8(7)19-10)20-11(3,4)21-12/h7-9H,5-6H2,1-4H3,(H2,13,14,15)/t7-,8-,9+,12+/m0/s1. The van der Waals surface area contributed by atoms with Crippen LogP contribution >= 0.6 is 0 Å². The Morgan fingerprint density at radius 3 is 2.45 bits per heavy atom. The molecule has 2 N–H and O–H groups in total. The third-order valence-electron chi connectivity index (χ3n) is 3.70. The van der Waals surface area contributed by atoms with Gasteiger partial charge in [0, 0.05) is 0 Å². The number of fused-ring (bicyclic) bond motifs is 3. The summed E-state index contributed by atoms with van der Waals surface area (Å²) in [4.78, 5) is 0. The summed E-state index contributed by atoms with van der Waals surface area (Å²) in [5, 5.41) is 4.89. The molecule has 0 aromatic rings. The lowest BCUT2D eigenvalue weighted by Gasteiger charge is -2.40. The summed E-state index contributed by atoms with van der Waals surface area (Å²) in [6.07, 6.45) is -1.50. The number of hydrogen-bond acceptors (Lipinski definition) is 8. The van der Waals surface area contributed by atoms with Crippen LogP contribution in [0.2, 0.25) is 0 Å². The largest absolute Gasteiger partial charge is 0.343 e. The molecule has 3 rings (SSSR count). The molecule has 0 bridgehead atoms. The fourth-order valence-corrected chi connectivity index (χ4v) is 3.44. The second-order valence-electron chi connectivity index (χ2n) is 6.56. The molecule has 9 nitrogen and oxygen atoms in total. The average Bonchev–Trinajstić information content (AvgIpc) is 2.78. The van der Waals surface area contributed by atoms with E-state index in [1.807, 2.05) is 0 Å². The van der Waals surface area contributed by atoms with Crippen LogP contribution in [0.4, 0.5) is 0 Å². The minimum Gasteiger partial charge on any atom is -0.343 e. The SMILES string of the molecule is CC1(C)O[C@H]2[C@H](CO[C@]3(COS(N)(=O)=O)OC(C)(C)O[C@H]23)O1. The van der Waals surface area contributed by atoms with Crippen molar-refractivity contribution in [2.75, 3.05) is 13.2 Å². The van der Waals surface area contributed by atoms with Crippen molar-refractivity contribution in [3.05, 3.63) is 0 Å². The average molecular weight is 339 g/mol. The van der Waals surface area contributed by atoms with E-state index in [-0.39, 0.29) is 12.7 Å². The van der Waals surface area contributed by atoms with E-state index in [0.717, 1.165) is 0 Å². The first-order chi connectivity index (χ1) is 9.92. The van der Waals surface area contributed by atoms with Crippen molar-refractivity contribution in [3.63, 3.8) is 0 Å². The lowest BCUT2D eigenvalue weighted by molar-refractivity contribution is -0.290. The van der Waals surface area contributed by atoms with Crippen LogP contribution in [-0.2, 0) is 38.2 Å². The summed E-state index contributed by atoms with van der Waals surface area (Å²) in [5.74, 6) is -3.19. The van der Waals surface area contributed by atoms with Gasteiger partial charge in [-0.2, -0.15) is 8.42 Å². The van der Waals surface area contributed by atoms with Crippen molar-refractivity contribution in [1.29, 1.82) is 0 Å².